The molecule has 4 rings (SSSR count). The Morgan fingerprint density at radius 3 is 2.40 bits per heavy atom. The highest BCUT2D eigenvalue weighted by atomic mass is 28.4. The van der Waals surface area contributed by atoms with Crippen molar-refractivity contribution in [2.24, 2.45) is 0 Å². The second-order valence-electron chi connectivity index (χ2n) is 8.66. The van der Waals surface area contributed by atoms with Crippen LogP contribution in [0.15, 0.2) is 30.3 Å². The van der Waals surface area contributed by atoms with Gasteiger partial charge in [0.25, 0.3) is 0 Å². The molecule has 0 aromatic heterocycles. The van der Waals surface area contributed by atoms with Gasteiger partial charge in [-0.1, -0.05) is 51.1 Å². The Kier molecular flexibility index (Phi) is 4.34. The Bertz CT molecular complexity index is 614. The average Bonchev–Trinajstić information content (AvgIpc) is 3.33. The lowest BCUT2D eigenvalue weighted by molar-refractivity contribution is -0.295. The van der Waals surface area contributed by atoms with Crippen LogP contribution in [0.4, 0.5) is 0 Å². The summed E-state index contributed by atoms with van der Waals surface area (Å²) in [7, 11) is -1.94. The molecule has 5 nitrogen and oxygen atoms in total. The molecule has 6 heteroatoms. The topological polar surface area (TPSA) is 49.5 Å². The van der Waals surface area contributed by atoms with Gasteiger partial charge in [0.1, 0.15) is 24.4 Å². The van der Waals surface area contributed by atoms with Gasteiger partial charge < -0.3 is 23.4 Å². The van der Waals surface area contributed by atoms with Crippen molar-refractivity contribution in [3.05, 3.63) is 35.9 Å². The molecule has 138 valence electrons. The third-order valence-electron chi connectivity index (χ3n) is 5.81. The molecular weight excluding hydrogens is 336 g/mol. The van der Waals surface area contributed by atoms with Gasteiger partial charge in [-0.25, -0.2) is 0 Å². The fourth-order valence-electron chi connectivity index (χ4n) is 3.20. The van der Waals surface area contributed by atoms with Crippen LogP contribution >= 0.6 is 0 Å². The van der Waals surface area contributed by atoms with Crippen molar-refractivity contribution in [1.29, 1.82) is 0 Å². The number of ether oxygens (including phenoxy) is 4. The van der Waals surface area contributed by atoms with E-state index in [1.165, 1.54) is 0 Å². The summed E-state index contributed by atoms with van der Waals surface area (Å²) in [6, 6.07) is 10.0. The van der Waals surface area contributed by atoms with E-state index in [4.69, 9.17) is 23.4 Å². The van der Waals surface area contributed by atoms with Crippen molar-refractivity contribution >= 4 is 8.32 Å². The van der Waals surface area contributed by atoms with Gasteiger partial charge >= 0.3 is 0 Å². The summed E-state index contributed by atoms with van der Waals surface area (Å²) in [4.78, 5) is 0. The predicted molar refractivity (Wildman–Crippen MR) is 95.6 cm³/mol. The van der Waals surface area contributed by atoms with E-state index in [0.29, 0.717) is 6.61 Å². The van der Waals surface area contributed by atoms with Crippen LogP contribution < -0.4 is 0 Å². The predicted octanol–water partition coefficient (Wildman–Crippen LogP) is 3.61. The molecule has 1 aromatic carbocycles. The summed E-state index contributed by atoms with van der Waals surface area (Å²) in [5.74, 6) is 0. The van der Waals surface area contributed by atoms with Crippen molar-refractivity contribution in [1.82, 2.24) is 0 Å². The number of hydrogen-bond donors (Lipinski definition) is 0. The Balaban J connectivity index is 1.54. The second-order valence-corrected chi connectivity index (χ2v) is 13.4. The normalized spacial score (nSPS) is 38.0. The van der Waals surface area contributed by atoms with E-state index in [1.807, 2.05) is 30.3 Å². The molecule has 0 spiro atoms. The lowest BCUT2D eigenvalue weighted by Gasteiger charge is -2.46. The molecule has 3 heterocycles. The number of epoxide rings is 1. The fraction of sp³-hybridized carbons (Fsp3) is 0.684. The molecule has 3 aliphatic heterocycles. The highest BCUT2D eigenvalue weighted by molar-refractivity contribution is 6.74. The van der Waals surface area contributed by atoms with E-state index < -0.39 is 8.32 Å². The zero-order valence-electron chi connectivity index (χ0n) is 15.6. The standard InChI is InChI=1S/C19H28O5Si/c1-19(2,3)25(4,5)24-15-14-13(21-18-16(15)23-18)11-20-17(22-14)12-9-7-6-8-10-12/h6-10,13-18H,11H2,1-5H3/t13-,14-,15+,16-,17?,18+/m1/s1. The van der Waals surface area contributed by atoms with Crippen molar-refractivity contribution in [3.8, 4) is 0 Å². The maximum atomic E-state index is 6.70. The summed E-state index contributed by atoms with van der Waals surface area (Å²) >= 11 is 0. The number of benzene rings is 1. The van der Waals surface area contributed by atoms with Gasteiger partial charge in [-0.3, -0.25) is 0 Å². The van der Waals surface area contributed by atoms with Gasteiger partial charge in [-0.05, 0) is 18.1 Å². The van der Waals surface area contributed by atoms with Crippen LogP contribution in [0.5, 0.6) is 0 Å². The van der Waals surface area contributed by atoms with E-state index in [1.54, 1.807) is 0 Å². The monoisotopic (exact) mass is 364 g/mol. The molecule has 1 aromatic rings. The van der Waals surface area contributed by atoms with Crippen LogP contribution in [-0.2, 0) is 23.4 Å². The highest BCUT2D eigenvalue weighted by Crippen LogP contribution is 2.46. The third kappa shape index (κ3) is 3.31. The SMILES string of the molecule is CC(C)(C)[Si](C)(C)O[C@@H]1[C@H]2O[C@@H]2O[C@@H]2COC(c3ccccc3)O[C@@H]12. The molecule has 0 N–H and O–H groups in total. The van der Waals surface area contributed by atoms with Crippen molar-refractivity contribution in [2.75, 3.05) is 6.61 Å². The Labute approximate surface area is 150 Å². The van der Waals surface area contributed by atoms with Gasteiger partial charge in [0.2, 0.25) is 0 Å². The molecule has 0 radical (unpaired) electrons. The maximum Gasteiger partial charge on any atom is 0.192 e. The average molecular weight is 365 g/mol. The molecule has 3 saturated heterocycles. The first-order chi connectivity index (χ1) is 11.8. The van der Waals surface area contributed by atoms with Crippen molar-refractivity contribution in [2.45, 2.75) is 75.9 Å². The molecule has 1 unspecified atom stereocenters. The molecule has 0 aliphatic carbocycles. The van der Waals surface area contributed by atoms with Crippen LogP contribution in [0.2, 0.25) is 18.1 Å². The molecule has 0 amide bonds. The minimum atomic E-state index is -1.94. The number of rotatable bonds is 3. The Hall–Kier alpha value is -0.763. The minimum Gasteiger partial charge on any atom is -0.408 e. The lowest BCUT2D eigenvalue weighted by Crippen LogP contribution is -2.59. The van der Waals surface area contributed by atoms with E-state index in [9.17, 15) is 0 Å². The molecular formula is C19H28O5Si. The van der Waals surface area contributed by atoms with Crippen LogP contribution in [0.3, 0.4) is 0 Å². The van der Waals surface area contributed by atoms with Gasteiger partial charge in [-0.2, -0.15) is 0 Å². The first kappa shape index (κ1) is 17.6. The zero-order chi connectivity index (χ0) is 17.8. The lowest BCUT2D eigenvalue weighted by atomic mass is 10.0. The smallest absolute Gasteiger partial charge is 0.192 e. The van der Waals surface area contributed by atoms with Crippen LogP contribution in [0.25, 0.3) is 0 Å². The molecule has 6 atom stereocenters. The first-order valence-electron chi connectivity index (χ1n) is 9.07. The quantitative estimate of drug-likeness (QED) is 0.606. The summed E-state index contributed by atoms with van der Waals surface area (Å²) in [6.45, 7) is 11.8. The van der Waals surface area contributed by atoms with Crippen LogP contribution in [0, 0.1) is 0 Å². The Morgan fingerprint density at radius 2 is 1.72 bits per heavy atom. The first-order valence-corrected chi connectivity index (χ1v) is 12.0. The second kappa shape index (κ2) is 6.15. The van der Waals surface area contributed by atoms with Crippen molar-refractivity contribution < 1.29 is 23.4 Å². The minimum absolute atomic E-state index is 0.0232. The third-order valence-corrected chi connectivity index (χ3v) is 10.3. The highest BCUT2D eigenvalue weighted by Gasteiger charge is 2.61. The molecule has 0 saturated carbocycles. The van der Waals surface area contributed by atoms with E-state index >= 15 is 0 Å². The summed E-state index contributed by atoms with van der Waals surface area (Å²) in [6.07, 6.45) is -0.983. The number of hydrogen-bond acceptors (Lipinski definition) is 5. The van der Waals surface area contributed by atoms with Crippen molar-refractivity contribution in [3.63, 3.8) is 0 Å². The van der Waals surface area contributed by atoms with Gasteiger partial charge in [0, 0.05) is 5.56 Å². The maximum absolute atomic E-state index is 6.70. The summed E-state index contributed by atoms with van der Waals surface area (Å²) in [5.41, 5.74) is 1.02. The van der Waals surface area contributed by atoms with E-state index in [2.05, 4.69) is 33.9 Å². The van der Waals surface area contributed by atoms with Gasteiger partial charge in [0.05, 0.1) is 6.61 Å². The number of fused-ring (bicyclic) bond motifs is 2. The molecule has 3 aliphatic rings. The summed E-state index contributed by atoms with van der Waals surface area (Å²) in [5, 5.41) is 0.134. The summed E-state index contributed by atoms with van der Waals surface area (Å²) < 4.78 is 30.6. The fourth-order valence-corrected chi connectivity index (χ4v) is 4.50. The molecule has 3 fully saturated rings. The molecule has 25 heavy (non-hydrogen) atoms. The Morgan fingerprint density at radius 1 is 1.00 bits per heavy atom. The van der Waals surface area contributed by atoms with Gasteiger partial charge in [0.15, 0.2) is 20.9 Å². The van der Waals surface area contributed by atoms with E-state index in [-0.39, 0.29) is 42.0 Å². The van der Waals surface area contributed by atoms with Gasteiger partial charge in [-0.15, -0.1) is 0 Å². The molecule has 0 bridgehead atoms. The van der Waals surface area contributed by atoms with E-state index in [0.717, 1.165) is 5.56 Å². The van der Waals surface area contributed by atoms with Crippen LogP contribution in [0.1, 0.15) is 32.6 Å². The van der Waals surface area contributed by atoms with Crippen LogP contribution in [-0.4, -0.2) is 45.6 Å². The largest absolute Gasteiger partial charge is 0.408 e. The zero-order valence-corrected chi connectivity index (χ0v) is 16.6.